The average Bonchev–Trinajstić information content (AvgIpc) is 2.70. The number of carbonyl (C=O) groups is 2. The Kier molecular flexibility index (Phi) is 2.78. The van der Waals surface area contributed by atoms with Gasteiger partial charge in [0, 0.05) is 6.20 Å². The Morgan fingerprint density at radius 1 is 1.28 bits per heavy atom. The molecule has 0 aromatic carbocycles. The van der Waals surface area contributed by atoms with Gasteiger partial charge in [0.05, 0.1) is 0 Å². The molecule has 2 heterocycles. The van der Waals surface area contributed by atoms with E-state index in [4.69, 9.17) is 14.9 Å². The largest absolute Gasteiger partial charge is 0.476 e. The Morgan fingerprint density at radius 3 is 2.50 bits per heavy atom. The van der Waals surface area contributed by atoms with Crippen LogP contribution in [0, 0.1) is 0 Å². The molecule has 0 saturated carbocycles. The summed E-state index contributed by atoms with van der Waals surface area (Å²) in [7, 11) is -4.93. The van der Waals surface area contributed by atoms with Gasteiger partial charge in [0.2, 0.25) is 0 Å². The molecule has 0 fully saturated rings. The number of hydrogen-bond acceptors (Lipinski definition) is 4. The summed E-state index contributed by atoms with van der Waals surface area (Å²) in [5.74, 6) is -1.30. The fourth-order valence-electron chi connectivity index (χ4n) is 1.44. The Balaban J connectivity index is 2.69. The molecule has 94 valence electrons. The van der Waals surface area contributed by atoms with Crippen LogP contribution in [0.3, 0.4) is 0 Å². The van der Waals surface area contributed by atoms with Gasteiger partial charge in [-0.25, -0.2) is 9.78 Å². The topological polar surface area (TPSA) is 129 Å². The van der Waals surface area contributed by atoms with Gasteiger partial charge < -0.3 is 14.9 Å². The highest BCUT2D eigenvalue weighted by atomic mass is 31.2. The lowest BCUT2D eigenvalue weighted by molar-refractivity contribution is 0.0691. The summed E-state index contributed by atoms with van der Waals surface area (Å²) in [6, 6.07) is 3.96. The maximum Gasteiger partial charge on any atom is 0.398 e. The van der Waals surface area contributed by atoms with E-state index in [0.29, 0.717) is 0 Å². The third-order valence-electron chi connectivity index (χ3n) is 2.19. The van der Waals surface area contributed by atoms with E-state index in [1.807, 2.05) is 0 Å². The number of pyridine rings is 1. The highest BCUT2D eigenvalue weighted by Crippen LogP contribution is 2.38. The molecule has 0 radical (unpaired) electrons. The van der Waals surface area contributed by atoms with E-state index in [1.165, 1.54) is 18.2 Å². The quantitative estimate of drug-likeness (QED) is 0.686. The van der Waals surface area contributed by atoms with Crippen LogP contribution in [0.25, 0.3) is 5.65 Å². The zero-order valence-electron chi connectivity index (χ0n) is 8.72. The zero-order valence-corrected chi connectivity index (χ0v) is 9.61. The Bertz CT molecular complexity index is 700. The smallest absolute Gasteiger partial charge is 0.398 e. The molecule has 18 heavy (non-hydrogen) atoms. The summed E-state index contributed by atoms with van der Waals surface area (Å²) in [6.45, 7) is 0. The summed E-state index contributed by atoms with van der Waals surface area (Å²) in [4.78, 5) is 43.6. The van der Waals surface area contributed by atoms with E-state index in [2.05, 4.69) is 4.98 Å². The molecule has 2 aromatic heterocycles. The number of aromatic carboxylic acids is 1. The Morgan fingerprint density at radius 2 is 1.94 bits per heavy atom. The Labute approximate surface area is 99.7 Å². The van der Waals surface area contributed by atoms with Crippen LogP contribution in [0.4, 0.5) is 0 Å². The molecule has 9 heteroatoms. The maximum atomic E-state index is 11.5. The summed E-state index contributed by atoms with van der Waals surface area (Å²) < 4.78 is 11.9. The molecule has 0 aliphatic heterocycles. The van der Waals surface area contributed by atoms with Crippen LogP contribution in [0.15, 0.2) is 24.4 Å². The summed E-state index contributed by atoms with van der Waals surface area (Å²) in [6.07, 6.45) is 1.03. The highest BCUT2D eigenvalue weighted by molar-refractivity contribution is 7.70. The van der Waals surface area contributed by atoms with E-state index in [1.54, 1.807) is 0 Å². The van der Waals surface area contributed by atoms with Gasteiger partial charge >= 0.3 is 13.6 Å². The fraction of sp³-hybridized carbons (Fsp3) is 0. The number of imidazole rings is 1. The van der Waals surface area contributed by atoms with Gasteiger partial charge in [-0.05, 0) is 12.1 Å². The number of carboxylic acid groups (broad SMARTS) is 1. The lowest BCUT2D eigenvalue weighted by Crippen LogP contribution is -2.06. The second kappa shape index (κ2) is 4.02. The lowest BCUT2D eigenvalue weighted by atomic mass is 10.3. The first kappa shape index (κ1) is 12.4. The highest BCUT2D eigenvalue weighted by Gasteiger charge is 2.29. The van der Waals surface area contributed by atoms with E-state index in [0.717, 1.165) is 10.6 Å². The van der Waals surface area contributed by atoms with Crippen LogP contribution in [0.2, 0.25) is 0 Å². The normalized spacial score (nSPS) is 11.7. The second-order valence-electron chi connectivity index (χ2n) is 3.42. The third-order valence-corrected chi connectivity index (χ3v) is 2.95. The minimum atomic E-state index is -4.93. The minimum Gasteiger partial charge on any atom is -0.476 e. The average molecular weight is 270 g/mol. The third kappa shape index (κ3) is 2.04. The molecule has 0 saturated heterocycles. The SMILES string of the molecule is O=C(O)c1cn2c(C(=O)P(=O)(O)O)cccc2n1. The number of nitrogens with zero attached hydrogens (tertiary/aromatic N) is 2. The van der Waals surface area contributed by atoms with Crippen molar-refractivity contribution in [2.45, 2.75) is 0 Å². The van der Waals surface area contributed by atoms with Gasteiger partial charge in [0.1, 0.15) is 11.3 Å². The summed E-state index contributed by atoms with van der Waals surface area (Å²) >= 11 is 0. The van der Waals surface area contributed by atoms with Crippen molar-refractivity contribution in [2.24, 2.45) is 0 Å². The number of aromatic nitrogens is 2. The van der Waals surface area contributed by atoms with Crippen LogP contribution in [-0.4, -0.2) is 35.8 Å². The number of carboxylic acids is 1. The molecule has 2 rings (SSSR count). The fourth-order valence-corrected chi connectivity index (χ4v) is 1.92. The van der Waals surface area contributed by atoms with Crippen molar-refractivity contribution in [1.29, 1.82) is 0 Å². The van der Waals surface area contributed by atoms with E-state index < -0.39 is 19.1 Å². The van der Waals surface area contributed by atoms with Gasteiger partial charge in [0.25, 0.3) is 5.52 Å². The van der Waals surface area contributed by atoms with E-state index in [-0.39, 0.29) is 17.0 Å². The predicted molar refractivity (Wildman–Crippen MR) is 58.5 cm³/mol. The standard InChI is InChI=1S/C9H7N2O6P/c12-8(13)5-4-11-6(9(14)18(15,16)17)2-1-3-7(11)10-5/h1-4H,(H,12,13)(H2,15,16,17). The van der Waals surface area contributed by atoms with Crippen LogP contribution < -0.4 is 0 Å². The zero-order chi connectivity index (χ0) is 13.5. The molecule has 3 N–H and O–H groups in total. The van der Waals surface area contributed by atoms with Gasteiger partial charge in [-0.2, -0.15) is 0 Å². The van der Waals surface area contributed by atoms with Gasteiger partial charge in [0.15, 0.2) is 5.69 Å². The second-order valence-corrected chi connectivity index (χ2v) is 4.91. The monoisotopic (exact) mass is 270 g/mol. The van der Waals surface area contributed by atoms with E-state index in [9.17, 15) is 14.2 Å². The molecule has 0 atom stereocenters. The van der Waals surface area contributed by atoms with Gasteiger partial charge in [-0.3, -0.25) is 13.8 Å². The molecular weight excluding hydrogens is 263 g/mol. The molecule has 0 spiro atoms. The van der Waals surface area contributed by atoms with Crippen LogP contribution >= 0.6 is 7.60 Å². The van der Waals surface area contributed by atoms with Gasteiger partial charge in [-0.1, -0.05) is 6.07 Å². The maximum absolute atomic E-state index is 11.5. The van der Waals surface area contributed by atoms with Crippen LogP contribution in [0.5, 0.6) is 0 Å². The molecular formula is C9H7N2O6P. The Hall–Kier alpha value is -2.02. The van der Waals surface area contributed by atoms with Crippen molar-refractivity contribution >= 4 is 24.7 Å². The minimum absolute atomic E-state index is 0.117. The predicted octanol–water partition coefficient (Wildman–Crippen LogP) is 0.350. The molecule has 0 aliphatic carbocycles. The molecule has 2 aromatic rings. The van der Waals surface area contributed by atoms with Crippen LogP contribution in [0.1, 0.15) is 21.0 Å². The lowest BCUT2D eigenvalue weighted by Gasteiger charge is -2.04. The van der Waals surface area contributed by atoms with Crippen LogP contribution in [-0.2, 0) is 4.57 Å². The summed E-state index contributed by atoms with van der Waals surface area (Å²) in [5.41, 5.74) is -1.91. The number of fused-ring (bicyclic) bond motifs is 1. The first-order valence-corrected chi connectivity index (χ1v) is 6.24. The summed E-state index contributed by atoms with van der Waals surface area (Å²) in [5, 5.41) is 8.76. The molecule has 0 amide bonds. The van der Waals surface area contributed by atoms with Gasteiger partial charge in [-0.15, -0.1) is 0 Å². The first-order chi connectivity index (χ1) is 8.30. The number of hydrogen-bond donors (Lipinski definition) is 3. The molecule has 0 bridgehead atoms. The van der Waals surface area contributed by atoms with Crippen molar-refractivity contribution < 1.29 is 29.0 Å². The number of carbonyl (C=O) groups excluding carboxylic acids is 1. The first-order valence-electron chi connectivity index (χ1n) is 4.62. The van der Waals surface area contributed by atoms with Crippen molar-refractivity contribution in [3.05, 3.63) is 35.8 Å². The molecule has 8 nitrogen and oxygen atoms in total. The number of rotatable bonds is 3. The van der Waals surface area contributed by atoms with Crippen molar-refractivity contribution in [3.8, 4) is 0 Å². The van der Waals surface area contributed by atoms with Crippen molar-refractivity contribution in [2.75, 3.05) is 0 Å². The molecule has 0 aliphatic rings. The van der Waals surface area contributed by atoms with E-state index >= 15 is 0 Å². The van der Waals surface area contributed by atoms with Crippen molar-refractivity contribution in [3.63, 3.8) is 0 Å². The van der Waals surface area contributed by atoms with Crippen molar-refractivity contribution in [1.82, 2.24) is 9.38 Å². The molecule has 0 unspecified atom stereocenters.